The van der Waals surface area contributed by atoms with Crippen molar-refractivity contribution in [2.45, 2.75) is 13.0 Å². The molecular weight excluding hydrogens is 270 g/mol. The van der Waals surface area contributed by atoms with Crippen LogP contribution in [-0.4, -0.2) is 20.1 Å². The van der Waals surface area contributed by atoms with E-state index >= 15 is 0 Å². The summed E-state index contributed by atoms with van der Waals surface area (Å²) in [5, 5.41) is 0.736. The van der Waals surface area contributed by atoms with Crippen molar-refractivity contribution < 1.29 is 9.39 Å². The van der Waals surface area contributed by atoms with Gasteiger partial charge in [-0.2, -0.15) is 0 Å². The normalized spacial score (nSPS) is 15.9. The lowest BCUT2D eigenvalue weighted by atomic mass is 9.54. The van der Waals surface area contributed by atoms with E-state index in [0.29, 0.717) is 13.2 Å². The van der Waals surface area contributed by atoms with Crippen LogP contribution in [-0.2, 0) is 16.0 Å². The minimum atomic E-state index is -0.0772. The molecule has 3 rings (SSSR count). The Balaban J connectivity index is 2.03. The molecule has 0 N–H and O–H groups in total. The SMILES string of the molecule is Clc1cccc(B2OCCCOCc3ccccc32)c1. The van der Waals surface area contributed by atoms with E-state index < -0.39 is 0 Å². The molecule has 0 saturated carbocycles. The molecule has 1 heterocycles. The van der Waals surface area contributed by atoms with E-state index in [9.17, 15) is 0 Å². The molecule has 1 aliphatic heterocycles. The number of halogens is 1. The molecular formula is C16H16BClO2. The summed E-state index contributed by atoms with van der Waals surface area (Å²) in [5.74, 6) is 0. The fourth-order valence-corrected chi connectivity index (χ4v) is 2.70. The molecule has 0 saturated heterocycles. The maximum Gasteiger partial charge on any atom is 0.362 e. The molecule has 4 heteroatoms. The van der Waals surface area contributed by atoms with Gasteiger partial charge in [0.2, 0.25) is 0 Å². The largest absolute Gasteiger partial charge is 0.427 e. The Kier molecular flexibility index (Phi) is 4.41. The lowest BCUT2D eigenvalue weighted by Crippen LogP contribution is -2.46. The fraction of sp³-hybridized carbons (Fsp3) is 0.250. The highest BCUT2D eigenvalue weighted by atomic mass is 35.5. The van der Waals surface area contributed by atoms with E-state index in [1.165, 1.54) is 5.56 Å². The maximum atomic E-state index is 6.12. The molecule has 1 aliphatic rings. The molecule has 20 heavy (non-hydrogen) atoms. The summed E-state index contributed by atoms with van der Waals surface area (Å²) in [5.41, 5.74) is 3.43. The number of hydrogen-bond donors (Lipinski definition) is 0. The molecule has 0 aliphatic carbocycles. The lowest BCUT2D eigenvalue weighted by molar-refractivity contribution is 0.110. The highest BCUT2D eigenvalue weighted by Crippen LogP contribution is 2.09. The third-order valence-corrected chi connectivity index (χ3v) is 3.70. The molecule has 2 aromatic rings. The van der Waals surface area contributed by atoms with Gasteiger partial charge >= 0.3 is 6.92 Å². The van der Waals surface area contributed by atoms with Gasteiger partial charge in [0.25, 0.3) is 0 Å². The van der Waals surface area contributed by atoms with Gasteiger partial charge in [0.15, 0.2) is 0 Å². The van der Waals surface area contributed by atoms with Gasteiger partial charge in [-0.1, -0.05) is 48.0 Å². The van der Waals surface area contributed by atoms with Crippen LogP contribution in [0.1, 0.15) is 12.0 Å². The second kappa shape index (κ2) is 6.44. The van der Waals surface area contributed by atoms with Crippen molar-refractivity contribution >= 4 is 29.4 Å². The number of fused-ring (bicyclic) bond motifs is 1. The van der Waals surface area contributed by atoms with Gasteiger partial charge in [0, 0.05) is 18.2 Å². The first-order valence-electron chi connectivity index (χ1n) is 6.87. The van der Waals surface area contributed by atoms with Crippen LogP contribution in [0.15, 0.2) is 48.5 Å². The van der Waals surface area contributed by atoms with Crippen molar-refractivity contribution in [3.05, 3.63) is 59.1 Å². The zero-order valence-corrected chi connectivity index (χ0v) is 12.0. The van der Waals surface area contributed by atoms with Crippen LogP contribution >= 0.6 is 11.6 Å². The third-order valence-electron chi connectivity index (χ3n) is 3.46. The first-order valence-corrected chi connectivity index (χ1v) is 7.25. The van der Waals surface area contributed by atoms with E-state index in [0.717, 1.165) is 29.0 Å². The van der Waals surface area contributed by atoms with Crippen LogP contribution in [0.4, 0.5) is 0 Å². The molecule has 2 aromatic carbocycles. The first-order chi connectivity index (χ1) is 9.84. The van der Waals surface area contributed by atoms with Crippen LogP contribution in [0.5, 0.6) is 0 Å². The standard InChI is InChI=1S/C16H16BClO2/c18-15-7-3-6-14(11-15)17-16-8-2-1-5-13(16)12-19-9-4-10-20-17/h1-3,5-8,11H,4,9-10,12H2. The van der Waals surface area contributed by atoms with Gasteiger partial charge < -0.3 is 9.39 Å². The molecule has 0 fully saturated rings. The highest BCUT2D eigenvalue weighted by Gasteiger charge is 2.25. The van der Waals surface area contributed by atoms with Gasteiger partial charge in [0.1, 0.15) is 0 Å². The van der Waals surface area contributed by atoms with Crippen LogP contribution < -0.4 is 10.9 Å². The lowest BCUT2D eigenvalue weighted by Gasteiger charge is -2.17. The van der Waals surface area contributed by atoms with Crippen molar-refractivity contribution in [2.75, 3.05) is 13.2 Å². The summed E-state index contributed by atoms with van der Waals surface area (Å²) in [7, 11) is 0. The van der Waals surface area contributed by atoms with Crippen LogP contribution in [0.3, 0.4) is 0 Å². The van der Waals surface area contributed by atoms with Crippen molar-refractivity contribution in [3.8, 4) is 0 Å². The molecule has 0 radical (unpaired) electrons. The minimum absolute atomic E-state index is 0.0772. The minimum Gasteiger partial charge on any atom is -0.427 e. The number of ether oxygens (including phenoxy) is 1. The Hall–Kier alpha value is -1.29. The monoisotopic (exact) mass is 286 g/mol. The summed E-state index contributed by atoms with van der Waals surface area (Å²) in [6.45, 7) is 1.98. The van der Waals surface area contributed by atoms with E-state index in [1.54, 1.807) is 0 Å². The molecule has 0 atom stereocenters. The van der Waals surface area contributed by atoms with Gasteiger partial charge in [0.05, 0.1) is 6.61 Å². The Morgan fingerprint density at radius 2 is 1.90 bits per heavy atom. The third kappa shape index (κ3) is 3.06. The Morgan fingerprint density at radius 3 is 2.80 bits per heavy atom. The van der Waals surface area contributed by atoms with Gasteiger partial charge in [-0.15, -0.1) is 0 Å². The predicted molar refractivity (Wildman–Crippen MR) is 83.1 cm³/mol. The summed E-state index contributed by atoms with van der Waals surface area (Å²) in [4.78, 5) is 0. The number of rotatable bonds is 1. The Morgan fingerprint density at radius 1 is 1.00 bits per heavy atom. The fourth-order valence-electron chi connectivity index (χ4n) is 2.50. The molecule has 2 nitrogen and oxygen atoms in total. The number of benzene rings is 2. The summed E-state index contributed by atoms with van der Waals surface area (Å²) in [6.07, 6.45) is 0.908. The van der Waals surface area contributed by atoms with Gasteiger partial charge in [-0.05, 0) is 35.0 Å². The van der Waals surface area contributed by atoms with Crippen molar-refractivity contribution in [2.24, 2.45) is 0 Å². The van der Waals surface area contributed by atoms with Crippen molar-refractivity contribution in [3.63, 3.8) is 0 Å². The van der Waals surface area contributed by atoms with Gasteiger partial charge in [-0.3, -0.25) is 0 Å². The van der Waals surface area contributed by atoms with Crippen molar-refractivity contribution in [1.29, 1.82) is 0 Å². The highest BCUT2D eigenvalue weighted by molar-refractivity contribution is 6.80. The average Bonchev–Trinajstić information content (AvgIpc) is 2.57. The summed E-state index contributed by atoms with van der Waals surface area (Å²) in [6, 6.07) is 16.2. The topological polar surface area (TPSA) is 18.5 Å². The first kappa shape index (κ1) is 13.7. The van der Waals surface area contributed by atoms with Gasteiger partial charge in [-0.25, -0.2) is 0 Å². The predicted octanol–water partition coefficient (Wildman–Crippen LogP) is 2.38. The molecule has 0 aromatic heterocycles. The molecule has 0 unspecified atom stereocenters. The van der Waals surface area contributed by atoms with Crippen LogP contribution in [0.2, 0.25) is 5.02 Å². The van der Waals surface area contributed by atoms with Crippen LogP contribution in [0.25, 0.3) is 0 Å². The zero-order chi connectivity index (χ0) is 13.8. The van der Waals surface area contributed by atoms with Crippen LogP contribution in [0, 0.1) is 0 Å². The molecule has 0 bridgehead atoms. The summed E-state index contributed by atoms with van der Waals surface area (Å²) < 4.78 is 11.8. The zero-order valence-electron chi connectivity index (χ0n) is 11.2. The number of hydrogen-bond acceptors (Lipinski definition) is 2. The second-order valence-corrected chi connectivity index (χ2v) is 5.35. The molecule has 102 valence electrons. The summed E-state index contributed by atoms with van der Waals surface area (Å²) >= 11 is 6.12. The molecule has 0 amide bonds. The van der Waals surface area contributed by atoms with E-state index in [2.05, 4.69) is 18.2 Å². The van der Waals surface area contributed by atoms with E-state index in [1.807, 2.05) is 30.3 Å². The average molecular weight is 287 g/mol. The van der Waals surface area contributed by atoms with E-state index in [4.69, 9.17) is 21.0 Å². The van der Waals surface area contributed by atoms with E-state index in [-0.39, 0.29) is 6.92 Å². The second-order valence-electron chi connectivity index (χ2n) is 4.91. The quantitative estimate of drug-likeness (QED) is 0.750. The maximum absolute atomic E-state index is 6.12. The Labute approximate surface area is 124 Å². The van der Waals surface area contributed by atoms with Crippen molar-refractivity contribution in [1.82, 2.24) is 0 Å². The Bertz CT molecular complexity index is 588. The smallest absolute Gasteiger partial charge is 0.362 e. The molecule has 0 spiro atoms.